The maximum Gasteiger partial charge on any atom is 0.352 e. The molecule has 0 bridgehead atoms. The Hall–Kier alpha value is -3.13. The molecule has 3 aromatic rings. The number of rotatable bonds is 5. The maximum absolute atomic E-state index is 14.4. The minimum Gasteiger partial charge on any atom is -0.473 e. The van der Waals surface area contributed by atoms with Crippen molar-refractivity contribution >= 4 is 17.4 Å². The largest absolute Gasteiger partial charge is 0.473 e. The van der Waals surface area contributed by atoms with Gasteiger partial charge in [0, 0.05) is 25.4 Å². The molecular weight excluding hydrogens is 411 g/mol. The third-order valence-electron chi connectivity index (χ3n) is 5.05. The van der Waals surface area contributed by atoms with Crippen molar-refractivity contribution in [2.75, 3.05) is 11.9 Å². The van der Waals surface area contributed by atoms with Crippen LogP contribution in [0.3, 0.4) is 0 Å². The van der Waals surface area contributed by atoms with E-state index >= 15 is 0 Å². The summed E-state index contributed by atoms with van der Waals surface area (Å²) >= 11 is 5.86. The number of halogens is 2. The average Bonchev–Trinajstić information content (AvgIpc) is 2.92. The van der Waals surface area contributed by atoms with Crippen LogP contribution in [0.25, 0.3) is 0 Å². The Morgan fingerprint density at radius 1 is 1.23 bits per heavy atom. The lowest BCUT2D eigenvalue weighted by molar-refractivity contribution is 0.290. The monoisotopic (exact) mass is 430 g/mol. The highest BCUT2D eigenvalue weighted by Gasteiger charge is 2.34. The standard InChI is InChI=1S/C21H20ClFN4O3/c1-21(2)12-27-19(26(21)3)8-18(25-20(27)28)29-11-13-4-5-17(16(23)6-13)30-15-7-14(22)9-24-10-15/h4-10H,11-12H2,1-3H3. The second-order valence-electron chi connectivity index (χ2n) is 7.69. The van der Waals surface area contributed by atoms with E-state index in [1.807, 2.05) is 25.8 Å². The van der Waals surface area contributed by atoms with Crippen LogP contribution in [0.1, 0.15) is 19.4 Å². The van der Waals surface area contributed by atoms with Crippen LogP contribution in [-0.2, 0) is 13.2 Å². The minimum absolute atomic E-state index is 0.0422. The SMILES string of the molecule is CN1c2cc(OCc3ccc(Oc4cncc(Cl)c4)c(F)c3)nc(=O)n2CC1(C)C. The Bertz CT molecular complexity index is 1170. The third kappa shape index (κ3) is 3.95. The van der Waals surface area contributed by atoms with Gasteiger partial charge in [-0.2, -0.15) is 4.98 Å². The molecule has 2 aromatic heterocycles. The Labute approximate surface area is 177 Å². The lowest BCUT2D eigenvalue weighted by atomic mass is 10.1. The van der Waals surface area contributed by atoms with Crippen LogP contribution in [0.4, 0.5) is 10.2 Å². The summed E-state index contributed by atoms with van der Waals surface area (Å²) in [4.78, 5) is 22.2. The van der Waals surface area contributed by atoms with Crippen molar-refractivity contribution in [3.63, 3.8) is 0 Å². The average molecular weight is 431 g/mol. The number of hydrogen-bond acceptors (Lipinski definition) is 6. The fourth-order valence-corrected chi connectivity index (χ4v) is 3.39. The molecule has 0 radical (unpaired) electrons. The summed E-state index contributed by atoms with van der Waals surface area (Å²) in [5, 5.41) is 0.393. The van der Waals surface area contributed by atoms with Crippen LogP contribution in [0.2, 0.25) is 5.02 Å². The molecule has 0 aliphatic carbocycles. The zero-order valence-corrected chi connectivity index (χ0v) is 17.5. The predicted octanol–water partition coefficient (Wildman–Crippen LogP) is 4.03. The molecule has 1 aliphatic rings. The maximum atomic E-state index is 14.4. The van der Waals surface area contributed by atoms with Gasteiger partial charge in [0.1, 0.15) is 18.2 Å². The summed E-state index contributed by atoms with van der Waals surface area (Å²) in [6, 6.07) is 7.74. The van der Waals surface area contributed by atoms with E-state index in [1.165, 1.54) is 24.5 Å². The number of nitrogens with zero attached hydrogens (tertiary/aromatic N) is 4. The normalized spacial score (nSPS) is 14.5. The molecule has 9 heteroatoms. The van der Waals surface area contributed by atoms with Gasteiger partial charge in [0.05, 0.1) is 23.3 Å². The topological polar surface area (TPSA) is 69.5 Å². The van der Waals surface area contributed by atoms with Gasteiger partial charge < -0.3 is 14.4 Å². The Morgan fingerprint density at radius 3 is 2.77 bits per heavy atom. The summed E-state index contributed by atoms with van der Waals surface area (Å²) in [6.45, 7) is 4.70. The molecule has 3 heterocycles. The smallest absolute Gasteiger partial charge is 0.352 e. The number of anilines is 1. The quantitative estimate of drug-likeness (QED) is 0.608. The van der Waals surface area contributed by atoms with E-state index in [0.717, 1.165) is 5.82 Å². The second-order valence-corrected chi connectivity index (χ2v) is 8.12. The highest BCUT2D eigenvalue weighted by atomic mass is 35.5. The van der Waals surface area contributed by atoms with Crippen LogP contribution < -0.4 is 20.1 Å². The molecule has 1 aromatic carbocycles. The van der Waals surface area contributed by atoms with E-state index in [4.69, 9.17) is 21.1 Å². The minimum atomic E-state index is -0.556. The van der Waals surface area contributed by atoms with Crippen molar-refractivity contribution in [1.29, 1.82) is 0 Å². The van der Waals surface area contributed by atoms with E-state index in [0.29, 0.717) is 22.9 Å². The van der Waals surface area contributed by atoms with Gasteiger partial charge >= 0.3 is 5.69 Å². The summed E-state index contributed by atoms with van der Waals surface area (Å²) in [7, 11) is 1.92. The molecule has 0 N–H and O–H groups in total. The van der Waals surface area contributed by atoms with Crippen LogP contribution >= 0.6 is 11.6 Å². The number of ether oxygens (including phenoxy) is 2. The molecule has 156 valence electrons. The lowest BCUT2D eigenvalue weighted by Crippen LogP contribution is -2.38. The number of hydrogen-bond donors (Lipinski definition) is 0. The summed E-state index contributed by atoms with van der Waals surface area (Å²) in [6.07, 6.45) is 2.90. The van der Waals surface area contributed by atoms with Crippen molar-refractivity contribution in [3.05, 3.63) is 69.6 Å². The first-order valence-electron chi connectivity index (χ1n) is 9.28. The first-order chi connectivity index (χ1) is 14.2. The third-order valence-corrected chi connectivity index (χ3v) is 5.26. The van der Waals surface area contributed by atoms with Crippen molar-refractivity contribution in [1.82, 2.24) is 14.5 Å². The Balaban J connectivity index is 1.47. The molecule has 0 saturated carbocycles. The van der Waals surface area contributed by atoms with Gasteiger partial charge in [-0.05, 0) is 31.5 Å². The molecule has 0 saturated heterocycles. The van der Waals surface area contributed by atoms with E-state index < -0.39 is 5.82 Å². The molecule has 0 fully saturated rings. The van der Waals surface area contributed by atoms with Crippen LogP contribution in [0, 0.1) is 5.82 Å². The van der Waals surface area contributed by atoms with Gasteiger partial charge in [-0.15, -0.1) is 0 Å². The molecule has 0 amide bonds. The zero-order chi connectivity index (χ0) is 21.5. The van der Waals surface area contributed by atoms with Crippen molar-refractivity contribution in [3.8, 4) is 17.4 Å². The molecular formula is C21H20ClFN4O3. The van der Waals surface area contributed by atoms with Crippen LogP contribution in [0.15, 0.2) is 47.5 Å². The molecule has 0 atom stereocenters. The molecule has 1 aliphatic heterocycles. The Kier molecular flexibility index (Phi) is 5.11. The number of benzene rings is 1. The van der Waals surface area contributed by atoms with E-state index in [2.05, 4.69) is 9.97 Å². The molecule has 30 heavy (non-hydrogen) atoms. The number of aromatic nitrogens is 3. The predicted molar refractivity (Wildman–Crippen MR) is 111 cm³/mol. The van der Waals surface area contributed by atoms with Crippen molar-refractivity contribution < 1.29 is 13.9 Å². The van der Waals surface area contributed by atoms with Gasteiger partial charge in [0.15, 0.2) is 11.6 Å². The molecule has 0 unspecified atom stereocenters. The van der Waals surface area contributed by atoms with Crippen LogP contribution in [0.5, 0.6) is 17.4 Å². The zero-order valence-electron chi connectivity index (χ0n) is 16.7. The molecule has 0 spiro atoms. The fraction of sp³-hybridized carbons (Fsp3) is 0.286. The van der Waals surface area contributed by atoms with Gasteiger partial charge in [-0.1, -0.05) is 17.7 Å². The van der Waals surface area contributed by atoms with E-state index in [9.17, 15) is 9.18 Å². The summed E-state index contributed by atoms with van der Waals surface area (Å²) in [5.41, 5.74) is 0.00865. The first-order valence-corrected chi connectivity index (χ1v) is 9.66. The lowest BCUT2D eigenvalue weighted by Gasteiger charge is -2.28. The van der Waals surface area contributed by atoms with Gasteiger partial charge in [0.2, 0.25) is 5.88 Å². The van der Waals surface area contributed by atoms with Crippen molar-refractivity contribution in [2.45, 2.75) is 32.5 Å². The van der Waals surface area contributed by atoms with Gasteiger partial charge in [0.25, 0.3) is 0 Å². The highest BCUT2D eigenvalue weighted by Crippen LogP contribution is 2.32. The first kappa shape index (κ1) is 20.2. The van der Waals surface area contributed by atoms with E-state index in [-0.39, 0.29) is 29.5 Å². The Morgan fingerprint density at radius 2 is 2.03 bits per heavy atom. The van der Waals surface area contributed by atoms with Gasteiger partial charge in [-0.3, -0.25) is 9.55 Å². The number of fused-ring (bicyclic) bond motifs is 1. The molecule has 4 rings (SSSR count). The van der Waals surface area contributed by atoms with Crippen LogP contribution in [-0.4, -0.2) is 27.1 Å². The fourth-order valence-electron chi connectivity index (χ4n) is 3.23. The highest BCUT2D eigenvalue weighted by molar-refractivity contribution is 6.30. The van der Waals surface area contributed by atoms with E-state index in [1.54, 1.807) is 22.8 Å². The summed E-state index contributed by atoms with van der Waals surface area (Å²) in [5.74, 6) is 0.752. The number of pyridine rings is 1. The molecule has 7 nitrogen and oxygen atoms in total. The van der Waals surface area contributed by atoms with Gasteiger partial charge in [-0.25, -0.2) is 9.18 Å². The number of likely N-dealkylation sites (N-methyl/N-ethyl adjacent to an activating group) is 1. The summed E-state index contributed by atoms with van der Waals surface area (Å²) < 4.78 is 27.2. The second kappa shape index (κ2) is 7.60. The van der Waals surface area contributed by atoms with Crippen molar-refractivity contribution in [2.24, 2.45) is 0 Å².